The highest BCUT2D eigenvalue weighted by Gasteiger charge is 2.25. The van der Waals surface area contributed by atoms with Crippen molar-refractivity contribution < 1.29 is 32.8 Å². The summed E-state index contributed by atoms with van der Waals surface area (Å²) >= 11 is 0. The lowest BCUT2D eigenvalue weighted by atomic mass is 9.92. The number of nitrogens with zero attached hydrogens (tertiary/aromatic N) is 1. The fraction of sp³-hybridized carbons (Fsp3) is 0.188. The summed E-state index contributed by atoms with van der Waals surface area (Å²) in [5.41, 5.74) is 0.258. The van der Waals surface area contributed by atoms with Crippen LogP contribution in [0.25, 0.3) is 23.1 Å². The molecular formula is C16H15FNO6P. The number of allylic oxidation sites excluding steroid dienone is 1. The first kappa shape index (κ1) is 17.6. The van der Waals surface area contributed by atoms with Crippen LogP contribution in [0.5, 0.6) is 5.75 Å². The fourth-order valence-corrected chi connectivity index (χ4v) is 3.00. The summed E-state index contributed by atoms with van der Waals surface area (Å²) in [5, 5.41) is 10.6. The summed E-state index contributed by atoms with van der Waals surface area (Å²) in [4.78, 5) is 21.7. The molecule has 1 aromatic heterocycles. The molecule has 3 rings (SSSR count). The topological polar surface area (TPSA) is 113 Å². The molecule has 9 heteroatoms. The molecule has 0 amide bonds. The highest BCUT2D eigenvalue weighted by atomic mass is 31.2. The first-order chi connectivity index (χ1) is 11.6. The number of hydrogen-bond acceptors (Lipinski definition) is 5. The van der Waals surface area contributed by atoms with E-state index in [1.165, 1.54) is 6.07 Å². The van der Waals surface area contributed by atoms with E-state index in [4.69, 9.17) is 14.2 Å². The Morgan fingerprint density at radius 2 is 2.20 bits per heavy atom. The van der Waals surface area contributed by atoms with Crippen LogP contribution in [0.4, 0.5) is 4.39 Å². The Kier molecular flexibility index (Phi) is 4.17. The van der Waals surface area contributed by atoms with Crippen LogP contribution in [-0.4, -0.2) is 25.5 Å². The van der Waals surface area contributed by atoms with Gasteiger partial charge in [0.05, 0.1) is 5.60 Å². The minimum Gasteiger partial charge on any atom is -0.436 e. The van der Waals surface area contributed by atoms with Crippen LogP contribution in [0.1, 0.15) is 13.3 Å². The Morgan fingerprint density at radius 3 is 2.80 bits per heavy atom. The minimum absolute atomic E-state index is 0.0972. The van der Waals surface area contributed by atoms with Crippen LogP contribution in [0, 0.1) is 5.82 Å². The van der Waals surface area contributed by atoms with Crippen molar-refractivity contribution in [3.63, 3.8) is 0 Å². The van der Waals surface area contributed by atoms with Crippen LogP contribution in [-0.2, 0) is 4.57 Å². The Bertz CT molecular complexity index is 1020. The number of fused-ring (bicyclic) bond motifs is 1. The third kappa shape index (κ3) is 3.72. The molecule has 1 heterocycles. The van der Waals surface area contributed by atoms with E-state index in [2.05, 4.69) is 16.1 Å². The molecule has 2 aromatic rings. The molecule has 7 nitrogen and oxygen atoms in total. The zero-order valence-corrected chi connectivity index (χ0v) is 14.0. The fourth-order valence-electron chi connectivity index (χ4n) is 2.60. The van der Waals surface area contributed by atoms with E-state index in [9.17, 15) is 14.1 Å². The molecule has 1 unspecified atom stereocenters. The van der Waals surface area contributed by atoms with Crippen LogP contribution in [0.3, 0.4) is 0 Å². The Labute approximate surface area is 141 Å². The number of benzene rings is 1. The van der Waals surface area contributed by atoms with Crippen LogP contribution >= 0.6 is 7.82 Å². The van der Waals surface area contributed by atoms with Gasteiger partial charge in [0.15, 0.2) is 17.0 Å². The van der Waals surface area contributed by atoms with Gasteiger partial charge in [0.25, 0.3) is 0 Å². The second-order valence-electron chi connectivity index (χ2n) is 5.87. The number of phosphoric ester groups is 1. The average molecular weight is 367 g/mol. The molecule has 0 saturated heterocycles. The van der Waals surface area contributed by atoms with Crippen molar-refractivity contribution in [3.05, 3.63) is 47.4 Å². The van der Waals surface area contributed by atoms with Gasteiger partial charge in [-0.3, -0.25) is 9.79 Å². The van der Waals surface area contributed by atoms with Crippen LogP contribution in [0.2, 0.25) is 0 Å². The SMILES string of the molecule is C=CC1=c2oc(-c3ccc(OP(=O)(O)O)c(F)c3)nc2=CC(C)(O)C1. The van der Waals surface area contributed by atoms with Gasteiger partial charge in [0.2, 0.25) is 5.89 Å². The summed E-state index contributed by atoms with van der Waals surface area (Å²) < 4.78 is 34.7. The maximum atomic E-state index is 14.0. The first-order valence-corrected chi connectivity index (χ1v) is 8.74. The highest BCUT2D eigenvalue weighted by Crippen LogP contribution is 2.39. The van der Waals surface area contributed by atoms with Crippen molar-refractivity contribution in [2.24, 2.45) is 0 Å². The molecule has 0 aliphatic heterocycles. The number of aliphatic hydroxyl groups is 1. The molecule has 0 radical (unpaired) electrons. The summed E-state index contributed by atoms with van der Waals surface area (Å²) in [5.74, 6) is -1.46. The average Bonchev–Trinajstić information content (AvgIpc) is 2.89. The van der Waals surface area contributed by atoms with E-state index in [0.29, 0.717) is 22.8 Å². The summed E-state index contributed by atoms with van der Waals surface area (Å²) in [6.07, 6.45) is 3.42. The number of hydrogen-bond donors (Lipinski definition) is 3. The monoisotopic (exact) mass is 367 g/mol. The van der Waals surface area contributed by atoms with E-state index in [-0.39, 0.29) is 11.5 Å². The molecule has 0 saturated carbocycles. The molecule has 1 aromatic carbocycles. The molecule has 0 bridgehead atoms. The van der Waals surface area contributed by atoms with Crippen LogP contribution in [0.15, 0.2) is 35.3 Å². The predicted octanol–water partition coefficient (Wildman–Crippen LogP) is 1.22. The number of halogens is 1. The van der Waals surface area contributed by atoms with Gasteiger partial charge in [-0.25, -0.2) is 13.9 Å². The minimum atomic E-state index is -4.86. The molecular weight excluding hydrogens is 352 g/mol. The van der Waals surface area contributed by atoms with Gasteiger partial charge in [-0.15, -0.1) is 0 Å². The standard InChI is InChI=1S/C16H15FNO6P/c1-3-9-7-16(2,19)8-12-14(9)23-15(18-12)10-4-5-13(11(17)6-10)24-25(20,21)22/h3-6,8,19H,1,7H2,2H3,(H2,20,21,22). The zero-order valence-electron chi connectivity index (χ0n) is 13.1. The lowest BCUT2D eigenvalue weighted by Gasteiger charge is -2.20. The largest absolute Gasteiger partial charge is 0.524 e. The second-order valence-corrected chi connectivity index (χ2v) is 7.03. The van der Waals surface area contributed by atoms with E-state index in [0.717, 1.165) is 12.1 Å². The highest BCUT2D eigenvalue weighted by molar-refractivity contribution is 7.46. The molecule has 25 heavy (non-hydrogen) atoms. The lowest BCUT2D eigenvalue weighted by Crippen LogP contribution is -2.37. The molecule has 132 valence electrons. The van der Waals surface area contributed by atoms with E-state index in [1.54, 1.807) is 19.1 Å². The maximum absolute atomic E-state index is 14.0. The molecule has 3 N–H and O–H groups in total. The zero-order chi connectivity index (χ0) is 18.4. The number of rotatable bonds is 4. The molecule has 1 aliphatic carbocycles. The first-order valence-electron chi connectivity index (χ1n) is 7.21. The molecule has 1 aliphatic rings. The molecule has 1 atom stereocenters. The van der Waals surface area contributed by atoms with Crippen molar-refractivity contribution in [1.29, 1.82) is 0 Å². The van der Waals surface area contributed by atoms with E-state index in [1.807, 2.05) is 0 Å². The lowest BCUT2D eigenvalue weighted by molar-refractivity contribution is 0.132. The quantitative estimate of drug-likeness (QED) is 0.697. The van der Waals surface area contributed by atoms with Gasteiger partial charge in [0, 0.05) is 12.0 Å². The van der Waals surface area contributed by atoms with Crippen molar-refractivity contribution in [3.8, 4) is 17.2 Å². The van der Waals surface area contributed by atoms with Crippen molar-refractivity contribution in [1.82, 2.24) is 4.98 Å². The second kappa shape index (κ2) is 5.93. The maximum Gasteiger partial charge on any atom is 0.524 e. The van der Waals surface area contributed by atoms with Gasteiger partial charge in [0.1, 0.15) is 5.35 Å². The summed E-state index contributed by atoms with van der Waals surface area (Å²) in [6, 6.07) is 3.43. The van der Waals surface area contributed by atoms with Crippen molar-refractivity contribution in [2.75, 3.05) is 0 Å². The van der Waals surface area contributed by atoms with Crippen molar-refractivity contribution in [2.45, 2.75) is 18.9 Å². The Morgan fingerprint density at radius 1 is 1.48 bits per heavy atom. The Hall–Kier alpha value is -2.25. The number of oxazole rings is 1. The molecule has 0 spiro atoms. The third-order valence-corrected chi connectivity index (χ3v) is 4.02. The van der Waals surface area contributed by atoms with Gasteiger partial charge in [-0.05, 0) is 36.8 Å². The number of aromatic nitrogens is 1. The van der Waals surface area contributed by atoms with Gasteiger partial charge < -0.3 is 14.0 Å². The van der Waals surface area contributed by atoms with Gasteiger partial charge in [-0.1, -0.05) is 12.7 Å². The van der Waals surface area contributed by atoms with Crippen molar-refractivity contribution >= 4 is 19.5 Å². The molecule has 0 fully saturated rings. The van der Waals surface area contributed by atoms with Gasteiger partial charge >= 0.3 is 7.82 Å². The normalized spacial score (nSPS) is 20.0. The number of phosphoric acid groups is 1. The van der Waals surface area contributed by atoms with E-state index >= 15 is 0 Å². The van der Waals surface area contributed by atoms with Gasteiger partial charge in [-0.2, -0.15) is 0 Å². The summed E-state index contributed by atoms with van der Waals surface area (Å²) in [6.45, 7) is 5.32. The predicted molar refractivity (Wildman–Crippen MR) is 87.1 cm³/mol. The third-order valence-electron chi connectivity index (χ3n) is 3.58. The van der Waals surface area contributed by atoms with E-state index < -0.39 is 25.0 Å². The van der Waals surface area contributed by atoms with Crippen LogP contribution < -0.4 is 15.3 Å². The smallest absolute Gasteiger partial charge is 0.436 e. The summed E-state index contributed by atoms with van der Waals surface area (Å²) in [7, 11) is -4.86. The Balaban J connectivity index is 2.08.